The molecule has 0 spiro atoms. The second-order valence-electron chi connectivity index (χ2n) is 7.99. The van der Waals surface area contributed by atoms with Gasteiger partial charge in [-0.3, -0.25) is 9.59 Å². The lowest BCUT2D eigenvalue weighted by atomic mass is 10.1. The van der Waals surface area contributed by atoms with Gasteiger partial charge in [0.05, 0.1) is 11.7 Å². The van der Waals surface area contributed by atoms with Gasteiger partial charge in [-0.05, 0) is 63.8 Å². The van der Waals surface area contributed by atoms with Crippen LogP contribution in [-0.2, 0) is 22.6 Å². The predicted octanol–water partition coefficient (Wildman–Crippen LogP) is 3.64. The van der Waals surface area contributed by atoms with Crippen LogP contribution in [0.5, 0.6) is 0 Å². The lowest BCUT2D eigenvalue weighted by Crippen LogP contribution is -2.37. The van der Waals surface area contributed by atoms with E-state index >= 15 is 0 Å². The molecule has 1 aromatic heterocycles. The summed E-state index contributed by atoms with van der Waals surface area (Å²) in [5.41, 5.74) is 2.99. The van der Waals surface area contributed by atoms with Crippen LogP contribution < -0.4 is 10.6 Å². The second kappa shape index (κ2) is 10.1. The number of carbonyl (C=O) groups excluding carboxylic acids is 2. The van der Waals surface area contributed by atoms with Crippen molar-refractivity contribution in [3.63, 3.8) is 0 Å². The van der Waals surface area contributed by atoms with Crippen LogP contribution in [0.1, 0.15) is 56.5 Å². The van der Waals surface area contributed by atoms with Gasteiger partial charge in [-0.25, -0.2) is 0 Å². The van der Waals surface area contributed by atoms with Gasteiger partial charge in [-0.15, -0.1) is 10.2 Å². The smallest absolute Gasteiger partial charge is 0.233 e. The van der Waals surface area contributed by atoms with Crippen LogP contribution in [0, 0.1) is 13.8 Å². The third-order valence-corrected chi connectivity index (χ3v) is 6.37. The Morgan fingerprint density at radius 2 is 1.83 bits per heavy atom. The zero-order chi connectivity index (χ0) is 21.7. The van der Waals surface area contributed by atoms with Gasteiger partial charge in [0.25, 0.3) is 0 Å². The standard InChI is InChI=1S/C22H31N5O2S/c1-5-27-19(13-20(28)23-18-11-14(2)10-15(3)12-18)25-26-22(27)30-16(4)21(29)24-17-8-6-7-9-17/h10-12,16-17H,5-9,13H2,1-4H3,(H,23,28)(H,24,29)/t16-/m1/s1. The highest BCUT2D eigenvalue weighted by atomic mass is 32.2. The van der Waals surface area contributed by atoms with E-state index < -0.39 is 0 Å². The molecule has 1 aliphatic carbocycles. The van der Waals surface area contributed by atoms with Gasteiger partial charge in [0, 0.05) is 18.3 Å². The molecule has 0 aliphatic heterocycles. The summed E-state index contributed by atoms with van der Waals surface area (Å²) in [5, 5.41) is 14.9. The molecule has 162 valence electrons. The highest BCUT2D eigenvalue weighted by molar-refractivity contribution is 8.00. The third-order valence-electron chi connectivity index (χ3n) is 5.29. The number of aromatic nitrogens is 3. The van der Waals surface area contributed by atoms with Crippen LogP contribution in [0.15, 0.2) is 23.4 Å². The maximum atomic E-state index is 12.5. The number of aryl methyl sites for hydroxylation is 2. The van der Waals surface area contributed by atoms with Gasteiger partial charge >= 0.3 is 0 Å². The maximum absolute atomic E-state index is 12.5. The van der Waals surface area contributed by atoms with Crippen LogP contribution in [0.25, 0.3) is 0 Å². The topological polar surface area (TPSA) is 88.9 Å². The molecule has 1 fully saturated rings. The van der Waals surface area contributed by atoms with Gasteiger partial charge in [-0.2, -0.15) is 0 Å². The van der Waals surface area contributed by atoms with Crippen molar-refractivity contribution >= 4 is 29.3 Å². The summed E-state index contributed by atoms with van der Waals surface area (Å²) < 4.78 is 1.91. The lowest BCUT2D eigenvalue weighted by Gasteiger charge is -2.16. The molecule has 3 rings (SSSR count). The van der Waals surface area contributed by atoms with Crippen molar-refractivity contribution < 1.29 is 9.59 Å². The van der Waals surface area contributed by atoms with E-state index in [1.165, 1.54) is 24.6 Å². The van der Waals surface area contributed by atoms with Gasteiger partial charge in [0.15, 0.2) is 5.16 Å². The molecule has 7 nitrogen and oxygen atoms in total. The first-order chi connectivity index (χ1) is 14.4. The van der Waals surface area contributed by atoms with Crippen molar-refractivity contribution in [3.05, 3.63) is 35.2 Å². The highest BCUT2D eigenvalue weighted by Crippen LogP contribution is 2.24. The molecular formula is C22H31N5O2S. The fourth-order valence-electron chi connectivity index (χ4n) is 3.85. The molecule has 0 saturated heterocycles. The fourth-order valence-corrected chi connectivity index (χ4v) is 4.79. The van der Waals surface area contributed by atoms with Crippen LogP contribution >= 0.6 is 11.8 Å². The largest absolute Gasteiger partial charge is 0.352 e. The summed E-state index contributed by atoms with van der Waals surface area (Å²) in [6.07, 6.45) is 4.63. The molecule has 1 atom stereocenters. The summed E-state index contributed by atoms with van der Waals surface area (Å²) in [4.78, 5) is 25.0. The number of hydrogen-bond acceptors (Lipinski definition) is 5. The molecular weight excluding hydrogens is 398 g/mol. The number of anilines is 1. The quantitative estimate of drug-likeness (QED) is 0.626. The van der Waals surface area contributed by atoms with Crippen molar-refractivity contribution in [2.24, 2.45) is 0 Å². The molecule has 1 heterocycles. The first-order valence-corrected chi connectivity index (χ1v) is 11.5. The Morgan fingerprint density at radius 1 is 1.17 bits per heavy atom. The minimum Gasteiger partial charge on any atom is -0.352 e. The fraction of sp³-hybridized carbons (Fsp3) is 0.545. The average Bonchev–Trinajstić information content (AvgIpc) is 3.30. The Morgan fingerprint density at radius 3 is 2.47 bits per heavy atom. The van der Waals surface area contributed by atoms with E-state index in [4.69, 9.17) is 0 Å². The monoisotopic (exact) mass is 429 g/mol. The van der Waals surface area contributed by atoms with E-state index in [1.54, 1.807) is 0 Å². The van der Waals surface area contributed by atoms with E-state index in [2.05, 4.69) is 26.9 Å². The second-order valence-corrected chi connectivity index (χ2v) is 9.30. The lowest BCUT2D eigenvalue weighted by molar-refractivity contribution is -0.121. The van der Waals surface area contributed by atoms with Gasteiger partial charge < -0.3 is 15.2 Å². The Balaban J connectivity index is 1.61. The average molecular weight is 430 g/mol. The van der Waals surface area contributed by atoms with Crippen molar-refractivity contribution in [1.82, 2.24) is 20.1 Å². The minimum absolute atomic E-state index is 0.0339. The first kappa shape index (κ1) is 22.3. The van der Waals surface area contributed by atoms with E-state index in [0.29, 0.717) is 23.6 Å². The number of thioether (sulfide) groups is 1. The summed E-state index contributed by atoms with van der Waals surface area (Å²) in [7, 11) is 0. The molecule has 2 amide bonds. The Bertz CT molecular complexity index is 885. The Kier molecular flexibility index (Phi) is 7.53. The zero-order valence-electron chi connectivity index (χ0n) is 18.2. The van der Waals surface area contributed by atoms with Crippen LogP contribution in [0.2, 0.25) is 0 Å². The van der Waals surface area contributed by atoms with Crippen molar-refractivity contribution in [2.75, 3.05) is 5.32 Å². The molecule has 30 heavy (non-hydrogen) atoms. The van der Waals surface area contributed by atoms with Gasteiger partial charge in [0.2, 0.25) is 11.8 Å². The molecule has 1 aliphatic rings. The van der Waals surface area contributed by atoms with E-state index in [-0.39, 0.29) is 23.5 Å². The number of rotatable bonds is 8. The van der Waals surface area contributed by atoms with Crippen molar-refractivity contribution in [3.8, 4) is 0 Å². The number of carbonyl (C=O) groups is 2. The molecule has 1 saturated carbocycles. The third kappa shape index (κ3) is 5.84. The molecule has 8 heteroatoms. The van der Waals surface area contributed by atoms with Gasteiger partial charge in [0.1, 0.15) is 5.82 Å². The summed E-state index contributed by atoms with van der Waals surface area (Å²) in [6.45, 7) is 8.52. The normalized spacial score (nSPS) is 15.2. The van der Waals surface area contributed by atoms with Gasteiger partial charge in [-0.1, -0.05) is 30.7 Å². The first-order valence-electron chi connectivity index (χ1n) is 10.6. The number of nitrogens with one attached hydrogen (secondary N) is 2. The van der Waals surface area contributed by atoms with Crippen LogP contribution in [0.3, 0.4) is 0 Å². The maximum Gasteiger partial charge on any atom is 0.233 e. The van der Waals surface area contributed by atoms with Crippen molar-refractivity contribution in [2.45, 2.75) is 82.8 Å². The predicted molar refractivity (Wildman–Crippen MR) is 120 cm³/mol. The molecule has 1 aromatic carbocycles. The molecule has 0 radical (unpaired) electrons. The summed E-state index contributed by atoms with van der Waals surface area (Å²) in [6, 6.07) is 6.26. The summed E-state index contributed by atoms with van der Waals surface area (Å²) >= 11 is 1.39. The minimum atomic E-state index is -0.267. The van der Waals surface area contributed by atoms with E-state index in [9.17, 15) is 9.59 Å². The van der Waals surface area contributed by atoms with E-state index in [0.717, 1.165) is 29.7 Å². The molecule has 0 unspecified atom stereocenters. The Hall–Kier alpha value is -2.35. The van der Waals surface area contributed by atoms with Crippen LogP contribution in [0.4, 0.5) is 5.69 Å². The highest BCUT2D eigenvalue weighted by Gasteiger charge is 2.24. The zero-order valence-corrected chi connectivity index (χ0v) is 19.0. The number of benzene rings is 1. The molecule has 0 bridgehead atoms. The summed E-state index contributed by atoms with van der Waals surface area (Å²) in [5.74, 6) is 0.502. The Labute approximate surface area is 182 Å². The van der Waals surface area contributed by atoms with Crippen LogP contribution in [-0.4, -0.2) is 37.9 Å². The molecule has 2 N–H and O–H groups in total. The SMILES string of the molecule is CCn1c(CC(=O)Nc2cc(C)cc(C)c2)nnc1S[C@H](C)C(=O)NC1CCCC1. The van der Waals surface area contributed by atoms with E-state index in [1.807, 2.05) is 44.4 Å². The number of amides is 2. The molecule has 2 aromatic rings. The number of hydrogen-bond donors (Lipinski definition) is 2. The van der Waals surface area contributed by atoms with Crippen molar-refractivity contribution in [1.29, 1.82) is 0 Å². The number of nitrogens with zero attached hydrogens (tertiary/aromatic N) is 3.